The number of alkyl halides is 6. The summed E-state index contributed by atoms with van der Waals surface area (Å²) in [5.74, 6) is -0.313. The highest BCUT2D eigenvalue weighted by Crippen LogP contribution is 2.48. The van der Waals surface area contributed by atoms with Gasteiger partial charge in [0.15, 0.2) is 0 Å². The van der Waals surface area contributed by atoms with E-state index < -0.39 is 23.8 Å². The van der Waals surface area contributed by atoms with E-state index >= 15 is 0 Å². The van der Waals surface area contributed by atoms with Crippen LogP contribution in [-0.2, 0) is 5.67 Å². The molecule has 1 fully saturated rings. The van der Waals surface area contributed by atoms with Crippen molar-refractivity contribution in [3.8, 4) is 16.8 Å². The van der Waals surface area contributed by atoms with Crippen molar-refractivity contribution in [3.63, 3.8) is 0 Å². The fourth-order valence-electron chi connectivity index (χ4n) is 3.96. The molecule has 1 heterocycles. The van der Waals surface area contributed by atoms with Gasteiger partial charge in [-0.2, -0.15) is 18.3 Å². The number of benzene rings is 2. The lowest BCUT2D eigenvalue weighted by Gasteiger charge is -2.28. The van der Waals surface area contributed by atoms with Gasteiger partial charge in [-0.15, -0.1) is 0 Å². The number of rotatable bonds is 6. The Labute approximate surface area is 201 Å². The van der Waals surface area contributed by atoms with E-state index in [1.165, 1.54) is 24.7 Å². The molecule has 186 valence electrons. The Kier molecular flexibility index (Phi) is 6.37. The molecule has 1 N–H and O–H groups in total. The zero-order chi connectivity index (χ0) is 25.7. The van der Waals surface area contributed by atoms with Crippen LogP contribution < -0.4 is 5.32 Å². The molecule has 0 aliphatic heterocycles. The second-order valence-corrected chi connectivity index (χ2v) is 8.99. The number of nitrogens with one attached hydrogen (secondary N) is 1. The number of aromatic nitrogens is 2. The van der Waals surface area contributed by atoms with Crippen LogP contribution >= 0.6 is 11.6 Å². The number of amides is 1. The van der Waals surface area contributed by atoms with Gasteiger partial charge in [0.05, 0.1) is 22.5 Å². The van der Waals surface area contributed by atoms with Crippen molar-refractivity contribution in [1.82, 2.24) is 15.1 Å². The van der Waals surface area contributed by atoms with Gasteiger partial charge in [0.2, 0.25) is 0 Å². The molecule has 4 nitrogen and oxygen atoms in total. The van der Waals surface area contributed by atoms with Gasteiger partial charge >= 0.3 is 6.18 Å². The van der Waals surface area contributed by atoms with Crippen LogP contribution in [-0.4, -0.2) is 34.3 Å². The lowest BCUT2D eigenvalue weighted by Crippen LogP contribution is -2.44. The maximum absolute atomic E-state index is 14.6. The maximum Gasteiger partial charge on any atom is 0.432 e. The first kappa shape index (κ1) is 25.1. The standard InChI is InChI=1S/C24H20ClF6N3O/c1-12-7-15(23(28,22(26)27)24(29,30)31)8-13(2)20(12)14-10-32-34(11-14)17-5-6-19(25)18(9-17)21(35)33-16-3-4-16/h5-11,16,22H,3-4H2,1-2H3,(H,33,35). The van der Waals surface area contributed by atoms with Crippen molar-refractivity contribution < 1.29 is 31.1 Å². The van der Waals surface area contributed by atoms with E-state index in [4.69, 9.17) is 11.6 Å². The molecule has 35 heavy (non-hydrogen) atoms. The van der Waals surface area contributed by atoms with E-state index in [-0.39, 0.29) is 33.7 Å². The van der Waals surface area contributed by atoms with Crippen LogP contribution in [0.2, 0.25) is 5.02 Å². The van der Waals surface area contributed by atoms with Crippen LogP contribution in [0.5, 0.6) is 0 Å². The zero-order valence-electron chi connectivity index (χ0n) is 18.6. The monoisotopic (exact) mass is 515 g/mol. The number of nitrogens with zero attached hydrogens (tertiary/aromatic N) is 2. The van der Waals surface area contributed by atoms with Crippen LogP contribution in [0.1, 0.15) is 39.9 Å². The molecule has 4 rings (SSSR count). The first-order valence-electron chi connectivity index (χ1n) is 10.6. The zero-order valence-corrected chi connectivity index (χ0v) is 19.3. The number of carbonyl (C=O) groups is 1. The molecule has 0 saturated heterocycles. The average molecular weight is 516 g/mol. The number of halogens is 7. The summed E-state index contributed by atoms with van der Waals surface area (Å²) in [6.07, 6.45) is -5.25. The van der Waals surface area contributed by atoms with Gasteiger partial charge < -0.3 is 5.32 Å². The number of hydrogen-bond donors (Lipinski definition) is 1. The molecule has 0 bridgehead atoms. The SMILES string of the molecule is Cc1cc(C(F)(C(F)F)C(F)(F)F)cc(C)c1-c1cnn(-c2ccc(Cl)c(C(=O)NC3CC3)c2)c1. The van der Waals surface area contributed by atoms with Gasteiger partial charge in [0.1, 0.15) is 0 Å². The maximum atomic E-state index is 14.6. The van der Waals surface area contributed by atoms with Crippen LogP contribution in [0, 0.1) is 13.8 Å². The normalized spacial score (nSPS) is 15.8. The highest BCUT2D eigenvalue weighted by atomic mass is 35.5. The Bertz CT molecular complexity index is 1260. The Morgan fingerprint density at radius 2 is 1.74 bits per heavy atom. The largest absolute Gasteiger partial charge is 0.432 e. The molecule has 1 atom stereocenters. The molecular formula is C24H20ClF6N3O. The topological polar surface area (TPSA) is 46.9 Å². The Balaban J connectivity index is 1.69. The molecule has 1 saturated carbocycles. The van der Waals surface area contributed by atoms with Crippen molar-refractivity contribution in [2.75, 3.05) is 0 Å². The lowest BCUT2D eigenvalue weighted by atomic mass is 9.88. The van der Waals surface area contributed by atoms with Crippen molar-refractivity contribution in [2.24, 2.45) is 0 Å². The van der Waals surface area contributed by atoms with Gasteiger partial charge in [0.25, 0.3) is 18.0 Å². The van der Waals surface area contributed by atoms with Crippen LogP contribution in [0.25, 0.3) is 16.8 Å². The number of carbonyl (C=O) groups excluding carboxylic acids is 1. The molecule has 1 unspecified atom stereocenters. The third kappa shape index (κ3) is 4.63. The van der Waals surface area contributed by atoms with Gasteiger partial charge in [-0.3, -0.25) is 4.79 Å². The van der Waals surface area contributed by atoms with Gasteiger partial charge in [-0.05, 0) is 61.6 Å². The fraction of sp³-hybridized carbons (Fsp3) is 0.333. The summed E-state index contributed by atoms with van der Waals surface area (Å²) in [6.45, 7) is 2.82. The summed E-state index contributed by atoms with van der Waals surface area (Å²) in [5.41, 5.74) is -3.92. The minimum Gasteiger partial charge on any atom is -0.349 e. The lowest BCUT2D eigenvalue weighted by molar-refractivity contribution is -0.274. The molecule has 1 aromatic heterocycles. The summed E-state index contributed by atoms with van der Waals surface area (Å²) in [4.78, 5) is 12.5. The Morgan fingerprint density at radius 1 is 1.11 bits per heavy atom. The molecule has 3 aromatic rings. The molecule has 1 aliphatic rings. The smallest absolute Gasteiger partial charge is 0.349 e. The van der Waals surface area contributed by atoms with E-state index in [9.17, 15) is 31.1 Å². The highest BCUT2D eigenvalue weighted by molar-refractivity contribution is 6.33. The fourth-order valence-corrected chi connectivity index (χ4v) is 4.16. The Morgan fingerprint density at radius 3 is 2.29 bits per heavy atom. The van der Waals surface area contributed by atoms with Crippen molar-refractivity contribution in [1.29, 1.82) is 0 Å². The van der Waals surface area contributed by atoms with Gasteiger partial charge in [-0.25, -0.2) is 17.9 Å². The van der Waals surface area contributed by atoms with Crippen molar-refractivity contribution in [2.45, 2.75) is 51.0 Å². The van der Waals surface area contributed by atoms with Gasteiger partial charge in [0, 0.05) is 23.4 Å². The summed E-state index contributed by atoms with van der Waals surface area (Å²) in [6, 6.07) is 6.44. The van der Waals surface area contributed by atoms with E-state index in [0.717, 1.165) is 25.0 Å². The second-order valence-electron chi connectivity index (χ2n) is 8.58. The van der Waals surface area contributed by atoms with E-state index in [2.05, 4.69) is 10.4 Å². The molecule has 1 amide bonds. The number of aryl methyl sites for hydroxylation is 2. The van der Waals surface area contributed by atoms with E-state index in [1.807, 2.05) is 0 Å². The summed E-state index contributed by atoms with van der Waals surface area (Å²) in [5, 5.41) is 7.37. The molecular weight excluding hydrogens is 496 g/mol. The average Bonchev–Trinajstić information content (AvgIpc) is 3.45. The Hall–Kier alpha value is -3.01. The first-order valence-corrected chi connectivity index (χ1v) is 11.0. The van der Waals surface area contributed by atoms with E-state index in [1.54, 1.807) is 24.4 Å². The summed E-state index contributed by atoms with van der Waals surface area (Å²) < 4.78 is 82.0. The predicted molar refractivity (Wildman–Crippen MR) is 119 cm³/mol. The van der Waals surface area contributed by atoms with Crippen molar-refractivity contribution >= 4 is 17.5 Å². The third-order valence-electron chi connectivity index (χ3n) is 5.91. The number of hydrogen-bond acceptors (Lipinski definition) is 2. The molecule has 0 spiro atoms. The van der Waals surface area contributed by atoms with Crippen LogP contribution in [0.3, 0.4) is 0 Å². The molecule has 11 heteroatoms. The summed E-state index contributed by atoms with van der Waals surface area (Å²) >= 11 is 6.18. The molecule has 2 aromatic carbocycles. The minimum atomic E-state index is -5.79. The molecule has 0 radical (unpaired) electrons. The summed E-state index contributed by atoms with van der Waals surface area (Å²) in [7, 11) is 0. The third-order valence-corrected chi connectivity index (χ3v) is 6.24. The van der Waals surface area contributed by atoms with Crippen LogP contribution in [0.4, 0.5) is 26.3 Å². The van der Waals surface area contributed by atoms with Crippen LogP contribution in [0.15, 0.2) is 42.7 Å². The highest BCUT2D eigenvalue weighted by Gasteiger charge is 2.64. The quantitative estimate of drug-likeness (QED) is 0.372. The second kappa shape index (κ2) is 8.89. The van der Waals surface area contributed by atoms with Gasteiger partial charge in [-0.1, -0.05) is 23.7 Å². The minimum absolute atomic E-state index is 0.137. The van der Waals surface area contributed by atoms with Crippen molar-refractivity contribution in [3.05, 3.63) is 70.0 Å². The molecule has 1 aliphatic carbocycles. The predicted octanol–water partition coefficient (Wildman–Crippen LogP) is 6.69. The van der Waals surface area contributed by atoms with E-state index in [0.29, 0.717) is 16.8 Å². The first-order chi connectivity index (χ1) is 16.3.